The van der Waals surface area contributed by atoms with Crippen molar-refractivity contribution in [3.8, 4) is 0 Å². The number of rotatable bonds is 3. The second kappa shape index (κ2) is 5.40. The summed E-state index contributed by atoms with van der Waals surface area (Å²) in [5.41, 5.74) is 0. The summed E-state index contributed by atoms with van der Waals surface area (Å²) in [5.74, 6) is 0. The first-order valence-electron chi connectivity index (χ1n) is 4.71. The first-order valence-corrected chi connectivity index (χ1v) is 7.16. The maximum absolute atomic E-state index is 5.30. The molecule has 7 heteroatoms. The molecule has 1 aliphatic rings. The van der Waals surface area contributed by atoms with E-state index in [1.807, 2.05) is 10.9 Å². The standard InChI is InChI=1S/C8H13N3OS3/c1-14-7-9-11(8(13)15-7)6-10-2-4-12-5-3-10/h2-6H2,1H3. The van der Waals surface area contributed by atoms with Crippen LogP contribution >= 0.6 is 35.3 Å². The maximum Gasteiger partial charge on any atom is 0.181 e. The van der Waals surface area contributed by atoms with Crippen LogP contribution in [0.4, 0.5) is 0 Å². The molecular weight excluding hydrogens is 250 g/mol. The number of nitrogens with zero attached hydrogens (tertiary/aromatic N) is 3. The van der Waals surface area contributed by atoms with Gasteiger partial charge < -0.3 is 4.74 Å². The van der Waals surface area contributed by atoms with Crippen molar-refractivity contribution in [3.63, 3.8) is 0 Å². The summed E-state index contributed by atoms with van der Waals surface area (Å²) in [6, 6.07) is 0. The van der Waals surface area contributed by atoms with Crippen molar-refractivity contribution in [1.29, 1.82) is 0 Å². The molecule has 0 unspecified atom stereocenters. The smallest absolute Gasteiger partial charge is 0.181 e. The van der Waals surface area contributed by atoms with Gasteiger partial charge in [-0.3, -0.25) is 4.90 Å². The molecule has 0 aliphatic carbocycles. The van der Waals surface area contributed by atoms with Crippen molar-refractivity contribution in [1.82, 2.24) is 14.7 Å². The first-order chi connectivity index (χ1) is 7.29. The van der Waals surface area contributed by atoms with Crippen LogP contribution in [0.15, 0.2) is 4.34 Å². The van der Waals surface area contributed by atoms with E-state index in [1.54, 1.807) is 23.1 Å². The van der Waals surface area contributed by atoms with E-state index >= 15 is 0 Å². The summed E-state index contributed by atoms with van der Waals surface area (Å²) in [6.45, 7) is 4.35. The molecule has 15 heavy (non-hydrogen) atoms. The number of thioether (sulfide) groups is 1. The molecule has 0 saturated carbocycles. The fourth-order valence-electron chi connectivity index (χ4n) is 1.39. The van der Waals surface area contributed by atoms with Crippen LogP contribution < -0.4 is 0 Å². The molecule has 1 aromatic heterocycles. The summed E-state index contributed by atoms with van der Waals surface area (Å²) < 4.78 is 9.08. The van der Waals surface area contributed by atoms with Crippen molar-refractivity contribution >= 4 is 35.3 Å². The van der Waals surface area contributed by atoms with Gasteiger partial charge in [-0.1, -0.05) is 23.1 Å². The average molecular weight is 263 g/mol. The second-order valence-electron chi connectivity index (χ2n) is 3.21. The molecule has 1 fully saturated rings. The van der Waals surface area contributed by atoms with E-state index in [2.05, 4.69) is 10.00 Å². The molecule has 1 aliphatic heterocycles. The van der Waals surface area contributed by atoms with E-state index in [0.717, 1.165) is 41.3 Å². The van der Waals surface area contributed by atoms with E-state index in [4.69, 9.17) is 17.0 Å². The minimum absolute atomic E-state index is 0.791. The van der Waals surface area contributed by atoms with Crippen molar-refractivity contribution < 1.29 is 4.74 Å². The molecule has 0 atom stereocenters. The van der Waals surface area contributed by atoms with Gasteiger partial charge in [0.15, 0.2) is 8.29 Å². The van der Waals surface area contributed by atoms with Gasteiger partial charge in [0.1, 0.15) is 0 Å². The van der Waals surface area contributed by atoms with E-state index in [0.29, 0.717) is 0 Å². The lowest BCUT2D eigenvalue weighted by molar-refractivity contribution is 0.0209. The summed E-state index contributed by atoms with van der Waals surface area (Å²) >= 11 is 8.47. The Kier molecular flexibility index (Phi) is 4.15. The molecule has 2 rings (SSSR count). The molecule has 1 saturated heterocycles. The zero-order valence-electron chi connectivity index (χ0n) is 8.51. The Balaban J connectivity index is 2.02. The van der Waals surface area contributed by atoms with Gasteiger partial charge in [0.25, 0.3) is 0 Å². The van der Waals surface area contributed by atoms with Gasteiger partial charge in [-0.05, 0) is 18.5 Å². The number of morpholine rings is 1. The third kappa shape index (κ3) is 3.01. The van der Waals surface area contributed by atoms with Crippen LogP contribution in [0, 0.1) is 3.95 Å². The third-order valence-electron chi connectivity index (χ3n) is 2.20. The van der Waals surface area contributed by atoms with Crippen molar-refractivity contribution in [2.45, 2.75) is 11.0 Å². The molecule has 0 spiro atoms. The van der Waals surface area contributed by atoms with Crippen LogP contribution in [0.1, 0.15) is 0 Å². The lowest BCUT2D eigenvalue weighted by Crippen LogP contribution is -2.37. The molecule has 0 amide bonds. The Bertz CT molecular complexity index is 369. The molecule has 0 radical (unpaired) electrons. The molecule has 1 aromatic rings. The molecule has 2 heterocycles. The molecule has 0 bridgehead atoms. The molecule has 0 N–H and O–H groups in total. The van der Waals surface area contributed by atoms with Gasteiger partial charge in [-0.25, -0.2) is 4.68 Å². The zero-order chi connectivity index (χ0) is 10.7. The molecule has 4 nitrogen and oxygen atoms in total. The highest BCUT2D eigenvalue weighted by Crippen LogP contribution is 2.19. The Morgan fingerprint density at radius 3 is 2.87 bits per heavy atom. The van der Waals surface area contributed by atoms with E-state index < -0.39 is 0 Å². The molecule has 0 aromatic carbocycles. The van der Waals surface area contributed by atoms with Gasteiger partial charge in [0.05, 0.1) is 19.9 Å². The van der Waals surface area contributed by atoms with Gasteiger partial charge in [0, 0.05) is 13.1 Å². The van der Waals surface area contributed by atoms with E-state index in [-0.39, 0.29) is 0 Å². The number of hydrogen-bond donors (Lipinski definition) is 0. The van der Waals surface area contributed by atoms with Gasteiger partial charge in [-0.2, -0.15) is 5.10 Å². The predicted octanol–water partition coefficient (Wildman–Crippen LogP) is 1.69. The van der Waals surface area contributed by atoms with Crippen LogP contribution in [-0.4, -0.2) is 47.2 Å². The highest BCUT2D eigenvalue weighted by Gasteiger charge is 2.12. The van der Waals surface area contributed by atoms with Crippen molar-refractivity contribution in [2.75, 3.05) is 32.6 Å². The highest BCUT2D eigenvalue weighted by molar-refractivity contribution is 8.00. The summed E-state index contributed by atoms with van der Waals surface area (Å²) in [5, 5.41) is 4.43. The Morgan fingerprint density at radius 1 is 1.53 bits per heavy atom. The fourth-order valence-corrected chi connectivity index (χ4v) is 3.13. The van der Waals surface area contributed by atoms with Crippen LogP contribution in [0.25, 0.3) is 0 Å². The van der Waals surface area contributed by atoms with Crippen molar-refractivity contribution in [3.05, 3.63) is 3.95 Å². The first kappa shape index (κ1) is 11.5. The third-order valence-corrected chi connectivity index (χ3v) is 4.48. The minimum atomic E-state index is 0.791. The predicted molar refractivity (Wildman–Crippen MR) is 65.1 cm³/mol. The fraction of sp³-hybridized carbons (Fsp3) is 0.750. The van der Waals surface area contributed by atoms with Crippen LogP contribution in [0.5, 0.6) is 0 Å². The second-order valence-corrected chi connectivity index (χ2v) is 5.89. The Hall–Kier alpha value is 0.0500. The van der Waals surface area contributed by atoms with E-state index in [1.165, 1.54) is 0 Å². The Morgan fingerprint density at radius 2 is 2.27 bits per heavy atom. The van der Waals surface area contributed by atoms with Crippen molar-refractivity contribution in [2.24, 2.45) is 0 Å². The van der Waals surface area contributed by atoms with Gasteiger partial charge in [0.2, 0.25) is 0 Å². The topological polar surface area (TPSA) is 30.3 Å². The van der Waals surface area contributed by atoms with E-state index in [9.17, 15) is 0 Å². The monoisotopic (exact) mass is 263 g/mol. The van der Waals surface area contributed by atoms with Gasteiger partial charge in [-0.15, -0.1) is 0 Å². The summed E-state index contributed by atoms with van der Waals surface area (Å²) in [6.07, 6.45) is 2.02. The van der Waals surface area contributed by atoms with Crippen LogP contribution in [0.2, 0.25) is 0 Å². The Labute approximate surface area is 102 Å². The quantitative estimate of drug-likeness (QED) is 0.612. The summed E-state index contributed by atoms with van der Waals surface area (Å²) in [4.78, 5) is 2.31. The summed E-state index contributed by atoms with van der Waals surface area (Å²) in [7, 11) is 0. The average Bonchev–Trinajstić information content (AvgIpc) is 2.61. The zero-order valence-corrected chi connectivity index (χ0v) is 11.0. The highest BCUT2D eigenvalue weighted by atomic mass is 32.2. The SMILES string of the molecule is CSc1nn(CN2CCOCC2)c(=S)s1. The lowest BCUT2D eigenvalue weighted by atomic mass is 10.4. The lowest BCUT2D eigenvalue weighted by Gasteiger charge is -2.25. The number of ether oxygens (including phenoxy) is 1. The number of hydrogen-bond acceptors (Lipinski definition) is 6. The molecular formula is C8H13N3OS3. The minimum Gasteiger partial charge on any atom is -0.379 e. The molecule has 84 valence electrons. The largest absolute Gasteiger partial charge is 0.379 e. The van der Waals surface area contributed by atoms with Gasteiger partial charge >= 0.3 is 0 Å². The van der Waals surface area contributed by atoms with Crippen LogP contribution in [0.3, 0.4) is 0 Å². The van der Waals surface area contributed by atoms with Crippen LogP contribution in [-0.2, 0) is 11.4 Å². The number of aromatic nitrogens is 2. The normalized spacial score (nSPS) is 18.2. The maximum atomic E-state index is 5.30.